The number of rotatable bonds is 2. The number of methoxy groups -OCH3 is 1. The SMILES string of the molecule is COC1C(F)=CC=NC1c1ccccc1. The Kier molecular flexibility index (Phi) is 2.92. The predicted octanol–water partition coefficient (Wildman–Crippen LogP) is 2.68. The average Bonchev–Trinajstić information content (AvgIpc) is 2.30. The van der Waals surface area contributed by atoms with E-state index >= 15 is 0 Å². The summed E-state index contributed by atoms with van der Waals surface area (Å²) < 4.78 is 18.5. The van der Waals surface area contributed by atoms with Gasteiger partial charge < -0.3 is 4.74 Å². The number of ether oxygens (including phenoxy) is 1. The molecule has 0 fully saturated rings. The van der Waals surface area contributed by atoms with Gasteiger partial charge in [0.05, 0.1) is 0 Å². The molecule has 0 radical (unpaired) electrons. The molecule has 2 unspecified atom stereocenters. The van der Waals surface area contributed by atoms with Gasteiger partial charge in [-0.15, -0.1) is 0 Å². The lowest BCUT2D eigenvalue weighted by atomic mass is 9.99. The predicted molar refractivity (Wildman–Crippen MR) is 57.7 cm³/mol. The van der Waals surface area contributed by atoms with Gasteiger partial charge in [-0.2, -0.15) is 0 Å². The molecule has 1 aliphatic heterocycles. The fourth-order valence-corrected chi connectivity index (χ4v) is 1.68. The van der Waals surface area contributed by atoms with Crippen molar-refractivity contribution in [2.24, 2.45) is 4.99 Å². The molecule has 3 heteroatoms. The molecule has 15 heavy (non-hydrogen) atoms. The van der Waals surface area contributed by atoms with Crippen molar-refractivity contribution < 1.29 is 9.13 Å². The van der Waals surface area contributed by atoms with E-state index in [4.69, 9.17) is 4.74 Å². The zero-order chi connectivity index (χ0) is 10.7. The standard InChI is InChI=1S/C12H12FNO/c1-15-12-10(13)7-8-14-11(12)9-5-3-2-4-6-9/h2-8,11-12H,1H3. The van der Waals surface area contributed by atoms with E-state index in [0.29, 0.717) is 0 Å². The molecule has 0 bridgehead atoms. The van der Waals surface area contributed by atoms with Crippen LogP contribution in [0.5, 0.6) is 0 Å². The zero-order valence-electron chi connectivity index (χ0n) is 8.43. The monoisotopic (exact) mass is 205 g/mol. The highest BCUT2D eigenvalue weighted by atomic mass is 19.1. The number of allylic oxidation sites excluding steroid dienone is 1. The maximum Gasteiger partial charge on any atom is 0.135 e. The van der Waals surface area contributed by atoms with Crippen LogP contribution in [0.4, 0.5) is 4.39 Å². The Morgan fingerprint density at radius 3 is 2.67 bits per heavy atom. The maximum absolute atomic E-state index is 13.4. The first-order valence-electron chi connectivity index (χ1n) is 4.79. The maximum atomic E-state index is 13.4. The highest BCUT2D eigenvalue weighted by molar-refractivity contribution is 5.73. The molecule has 78 valence electrons. The molecule has 0 aliphatic carbocycles. The molecule has 1 aromatic rings. The zero-order valence-corrected chi connectivity index (χ0v) is 8.43. The average molecular weight is 205 g/mol. The summed E-state index contributed by atoms with van der Waals surface area (Å²) in [6, 6.07) is 9.31. The van der Waals surface area contributed by atoms with Crippen LogP contribution in [-0.2, 0) is 4.74 Å². The summed E-state index contributed by atoms with van der Waals surface area (Å²) in [6.45, 7) is 0. The summed E-state index contributed by atoms with van der Waals surface area (Å²) in [4.78, 5) is 4.24. The van der Waals surface area contributed by atoms with E-state index in [1.807, 2.05) is 30.3 Å². The summed E-state index contributed by atoms with van der Waals surface area (Å²) >= 11 is 0. The van der Waals surface area contributed by atoms with Gasteiger partial charge in [0.15, 0.2) is 0 Å². The van der Waals surface area contributed by atoms with Crippen LogP contribution in [0, 0.1) is 0 Å². The van der Waals surface area contributed by atoms with Gasteiger partial charge in [0.1, 0.15) is 18.0 Å². The lowest BCUT2D eigenvalue weighted by Gasteiger charge is -2.23. The second-order valence-corrected chi connectivity index (χ2v) is 3.36. The van der Waals surface area contributed by atoms with Crippen molar-refractivity contribution in [3.05, 3.63) is 47.8 Å². The summed E-state index contributed by atoms with van der Waals surface area (Å²) in [5.41, 5.74) is 0.962. The topological polar surface area (TPSA) is 21.6 Å². The third-order valence-corrected chi connectivity index (χ3v) is 2.43. The molecule has 0 aromatic heterocycles. The highest BCUT2D eigenvalue weighted by Gasteiger charge is 2.27. The van der Waals surface area contributed by atoms with Gasteiger partial charge in [-0.25, -0.2) is 4.39 Å². The Morgan fingerprint density at radius 1 is 1.27 bits per heavy atom. The van der Waals surface area contributed by atoms with Crippen LogP contribution in [0.3, 0.4) is 0 Å². The van der Waals surface area contributed by atoms with Crippen LogP contribution < -0.4 is 0 Å². The van der Waals surface area contributed by atoms with Crippen molar-refractivity contribution in [3.8, 4) is 0 Å². The summed E-state index contributed by atoms with van der Waals surface area (Å²) in [5, 5.41) is 0. The van der Waals surface area contributed by atoms with Gasteiger partial charge >= 0.3 is 0 Å². The first-order chi connectivity index (χ1) is 7.33. The molecule has 1 aromatic carbocycles. The lowest BCUT2D eigenvalue weighted by Crippen LogP contribution is -2.23. The number of dihydropyridines is 1. The van der Waals surface area contributed by atoms with Crippen molar-refractivity contribution >= 4 is 6.21 Å². The summed E-state index contributed by atoms with van der Waals surface area (Å²) in [6.07, 6.45) is 2.23. The van der Waals surface area contributed by atoms with E-state index < -0.39 is 6.10 Å². The van der Waals surface area contributed by atoms with Gasteiger partial charge in [0, 0.05) is 13.3 Å². The van der Waals surface area contributed by atoms with Crippen molar-refractivity contribution in [1.82, 2.24) is 0 Å². The molecule has 0 N–H and O–H groups in total. The third kappa shape index (κ3) is 1.97. The largest absolute Gasteiger partial charge is 0.372 e. The van der Waals surface area contributed by atoms with Crippen LogP contribution in [-0.4, -0.2) is 19.4 Å². The Labute approximate surface area is 88.1 Å². The smallest absolute Gasteiger partial charge is 0.135 e. The summed E-state index contributed by atoms with van der Waals surface area (Å²) in [7, 11) is 1.49. The van der Waals surface area contributed by atoms with Crippen LogP contribution >= 0.6 is 0 Å². The van der Waals surface area contributed by atoms with Crippen molar-refractivity contribution in [2.45, 2.75) is 12.1 Å². The van der Waals surface area contributed by atoms with Gasteiger partial charge in [-0.3, -0.25) is 4.99 Å². The molecule has 0 saturated carbocycles. The van der Waals surface area contributed by atoms with Gasteiger partial charge in [0.25, 0.3) is 0 Å². The minimum absolute atomic E-state index is 0.277. The molecule has 2 atom stereocenters. The molecule has 0 amide bonds. The van der Waals surface area contributed by atoms with Crippen LogP contribution in [0.25, 0.3) is 0 Å². The molecule has 1 aliphatic rings. The van der Waals surface area contributed by atoms with E-state index in [9.17, 15) is 4.39 Å². The van der Waals surface area contributed by atoms with Crippen molar-refractivity contribution in [2.75, 3.05) is 7.11 Å². The Hall–Kier alpha value is -1.48. The van der Waals surface area contributed by atoms with Crippen molar-refractivity contribution in [1.29, 1.82) is 0 Å². The normalized spacial score (nSPS) is 25.1. The Morgan fingerprint density at radius 2 is 2.00 bits per heavy atom. The van der Waals surface area contributed by atoms with Crippen LogP contribution in [0.2, 0.25) is 0 Å². The number of aliphatic imine (C=N–C) groups is 1. The first kappa shape index (κ1) is 10.1. The number of benzene rings is 1. The Balaban J connectivity index is 2.30. The molecule has 2 rings (SSSR count). The highest BCUT2D eigenvalue weighted by Crippen LogP contribution is 2.30. The van der Waals surface area contributed by atoms with Crippen LogP contribution in [0.1, 0.15) is 11.6 Å². The number of halogens is 1. The Bertz CT molecular complexity index is 386. The minimum atomic E-state index is -0.600. The van der Waals surface area contributed by atoms with E-state index in [0.717, 1.165) is 5.56 Å². The number of nitrogens with zero attached hydrogens (tertiary/aromatic N) is 1. The quantitative estimate of drug-likeness (QED) is 0.727. The third-order valence-electron chi connectivity index (χ3n) is 2.43. The van der Waals surface area contributed by atoms with E-state index in [-0.39, 0.29) is 11.9 Å². The molecular weight excluding hydrogens is 193 g/mol. The second kappa shape index (κ2) is 4.36. The number of hydrogen-bond acceptors (Lipinski definition) is 2. The molecule has 1 heterocycles. The van der Waals surface area contributed by atoms with Gasteiger partial charge in [-0.05, 0) is 11.6 Å². The van der Waals surface area contributed by atoms with Gasteiger partial charge in [-0.1, -0.05) is 30.3 Å². The lowest BCUT2D eigenvalue weighted by molar-refractivity contribution is 0.0900. The van der Waals surface area contributed by atoms with Crippen LogP contribution in [0.15, 0.2) is 47.2 Å². The fraction of sp³-hybridized carbons (Fsp3) is 0.250. The number of hydrogen-bond donors (Lipinski definition) is 0. The fourth-order valence-electron chi connectivity index (χ4n) is 1.68. The van der Waals surface area contributed by atoms with E-state index in [1.54, 1.807) is 0 Å². The van der Waals surface area contributed by atoms with E-state index in [1.165, 1.54) is 19.4 Å². The molecule has 2 nitrogen and oxygen atoms in total. The second-order valence-electron chi connectivity index (χ2n) is 3.36. The molecule has 0 saturated heterocycles. The molecule has 0 spiro atoms. The first-order valence-corrected chi connectivity index (χ1v) is 4.79. The van der Waals surface area contributed by atoms with Gasteiger partial charge in [0.2, 0.25) is 0 Å². The van der Waals surface area contributed by atoms with Crippen molar-refractivity contribution in [3.63, 3.8) is 0 Å². The molecular formula is C12H12FNO. The van der Waals surface area contributed by atoms with E-state index in [2.05, 4.69) is 4.99 Å². The summed E-state index contributed by atoms with van der Waals surface area (Å²) in [5.74, 6) is -0.277. The minimum Gasteiger partial charge on any atom is -0.372 e.